The first-order valence-corrected chi connectivity index (χ1v) is 4.76. The first-order chi connectivity index (χ1) is 7.67. The number of pyridine rings is 1. The van der Waals surface area contributed by atoms with E-state index in [9.17, 15) is 4.79 Å². The molecule has 0 amide bonds. The molecule has 1 heterocycles. The summed E-state index contributed by atoms with van der Waals surface area (Å²) in [7, 11) is 3.16. The molecule has 1 aromatic heterocycles. The van der Waals surface area contributed by atoms with Crippen LogP contribution in [0.2, 0.25) is 0 Å². The van der Waals surface area contributed by atoms with Crippen molar-refractivity contribution in [3.8, 4) is 6.07 Å². The van der Waals surface area contributed by atoms with Crippen molar-refractivity contribution in [1.29, 1.82) is 5.26 Å². The van der Waals surface area contributed by atoms with Crippen molar-refractivity contribution >= 4 is 5.97 Å². The van der Waals surface area contributed by atoms with Gasteiger partial charge in [-0.25, -0.2) is 4.79 Å². The van der Waals surface area contributed by atoms with E-state index < -0.39 is 5.97 Å². The molecule has 0 spiro atoms. The van der Waals surface area contributed by atoms with Crippen LogP contribution in [-0.2, 0) is 11.3 Å². The van der Waals surface area contributed by atoms with Crippen molar-refractivity contribution in [3.63, 3.8) is 0 Å². The predicted octanol–water partition coefficient (Wildman–Crippen LogP) is 0.824. The van der Waals surface area contributed by atoms with Gasteiger partial charge in [-0.3, -0.25) is 9.88 Å². The van der Waals surface area contributed by atoms with Crippen LogP contribution in [0.4, 0.5) is 0 Å². The van der Waals surface area contributed by atoms with Gasteiger partial charge in [0.1, 0.15) is 0 Å². The Balaban J connectivity index is 2.65. The number of carbonyl (C=O) groups is 1. The maximum atomic E-state index is 11.1. The molecular weight excluding hydrogens is 206 g/mol. The predicted molar refractivity (Wildman–Crippen MR) is 57.5 cm³/mol. The number of hydrogen-bond donors (Lipinski definition) is 0. The molecule has 0 saturated carbocycles. The second-order valence-electron chi connectivity index (χ2n) is 3.36. The van der Waals surface area contributed by atoms with E-state index in [0.717, 1.165) is 5.69 Å². The highest BCUT2D eigenvalue weighted by molar-refractivity contribution is 5.88. The number of esters is 1. The Hall–Kier alpha value is -1.93. The fraction of sp³-hybridized carbons (Fsp3) is 0.364. The Kier molecular flexibility index (Phi) is 4.42. The zero-order chi connectivity index (χ0) is 12.0. The number of nitriles is 1. The normalized spacial score (nSPS) is 9.88. The average molecular weight is 219 g/mol. The summed E-state index contributed by atoms with van der Waals surface area (Å²) in [5, 5.41) is 8.49. The number of methoxy groups -OCH3 is 1. The summed E-state index contributed by atoms with van der Waals surface area (Å²) in [5.74, 6) is -0.399. The second kappa shape index (κ2) is 5.83. The molecule has 0 aliphatic heterocycles. The van der Waals surface area contributed by atoms with Crippen LogP contribution in [0, 0.1) is 11.3 Å². The molecule has 0 aliphatic rings. The van der Waals surface area contributed by atoms with Crippen LogP contribution < -0.4 is 0 Å². The monoisotopic (exact) mass is 219 g/mol. The van der Waals surface area contributed by atoms with E-state index in [2.05, 4.69) is 15.8 Å². The van der Waals surface area contributed by atoms with E-state index in [-0.39, 0.29) is 0 Å². The van der Waals surface area contributed by atoms with Crippen LogP contribution in [0.1, 0.15) is 16.1 Å². The summed E-state index contributed by atoms with van der Waals surface area (Å²) < 4.78 is 4.56. The van der Waals surface area contributed by atoms with Gasteiger partial charge in [0.05, 0.1) is 31.0 Å². The van der Waals surface area contributed by atoms with Crippen molar-refractivity contribution in [1.82, 2.24) is 9.88 Å². The van der Waals surface area contributed by atoms with Crippen molar-refractivity contribution < 1.29 is 9.53 Å². The van der Waals surface area contributed by atoms with E-state index in [4.69, 9.17) is 5.26 Å². The topological polar surface area (TPSA) is 66.2 Å². The van der Waals surface area contributed by atoms with Gasteiger partial charge in [-0.05, 0) is 19.2 Å². The lowest BCUT2D eigenvalue weighted by Gasteiger charge is -2.11. The van der Waals surface area contributed by atoms with Gasteiger partial charge < -0.3 is 4.74 Å². The molecule has 1 aromatic rings. The standard InChI is InChI=1S/C11H13N3O2/c1-14(6-5-12)8-10-4-3-9(7-13-10)11(15)16-2/h3-4,7H,6,8H2,1-2H3. The Morgan fingerprint density at radius 1 is 1.62 bits per heavy atom. The molecule has 1 rings (SSSR count). The molecule has 0 saturated heterocycles. The van der Waals surface area contributed by atoms with Crippen molar-refractivity contribution in [3.05, 3.63) is 29.6 Å². The fourth-order valence-corrected chi connectivity index (χ4v) is 1.21. The Morgan fingerprint density at radius 3 is 2.88 bits per heavy atom. The van der Waals surface area contributed by atoms with Gasteiger partial charge >= 0.3 is 5.97 Å². The van der Waals surface area contributed by atoms with Gasteiger partial charge in [-0.15, -0.1) is 0 Å². The molecule has 0 atom stereocenters. The number of rotatable bonds is 4. The number of carbonyl (C=O) groups excluding carboxylic acids is 1. The summed E-state index contributed by atoms with van der Waals surface area (Å²) in [6, 6.07) is 5.46. The summed E-state index contributed by atoms with van der Waals surface area (Å²) in [6.07, 6.45) is 1.47. The summed E-state index contributed by atoms with van der Waals surface area (Å²) in [5.41, 5.74) is 1.24. The summed E-state index contributed by atoms with van der Waals surface area (Å²) in [4.78, 5) is 17.1. The van der Waals surface area contributed by atoms with Gasteiger partial charge in [-0.1, -0.05) is 0 Å². The third-order valence-electron chi connectivity index (χ3n) is 2.02. The lowest BCUT2D eigenvalue weighted by atomic mass is 10.2. The van der Waals surface area contributed by atoms with Crippen LogP contribution in [0.3, 0.4) is 0 Å². The highest BCUT2D eigenvalue weighted by Gasteiger charge is 2.06. The van der Waals surface area contributed by atoms with Crippen LogP contribution in [0.15, 0.2) is 18.3 Å². The van der Waals surface area contributed by atoms with Gasteiger partial charge in [0, 0.05) is 12.7 Å². The smallest absolute Gasteiger partial charge is 0.339 e. The van der Waals surface area contributed by atoms with E-state index in [0.29, 0.717) is 18.7 Å². The van der Waals surface area contributed by atoms with Crippen LogP contribution >= 0.6 is 0 Å². The number of ether oxygens (including phenoxy) is 1. The van der Waals surface area contributed by atoms with Crippen LogP contribution in [-0.4, -0.2) is 36.6 Å². The molecule has 0 aromatic carbocycles. The number of nitrogens with zero attached hydrogens (tertiary/aromatic N) is 3. The lowest BCUT2D eigenvalue weighted by Crippen LogP contribution is -2.18. The highest BCUT2D eigenvalue weighted by Crippen LogP contribution is 2.03. The summed E-state index contributed by atoms with van der Waals surface area (Å²) in [6.45, 7) is 0.926. The third-order valence-corrected chi connectivity index (χ3v) is 2.02. The van der Waals surface area contributed by atoms with E-state index in [1.807, 2.05) is 11.9 Å². The molecule has 5 heteroatoms. The van der Waals surface area contributed by atoms with Crippen molar-refractivity contribution in [2.75, 3.05) is 20.7 Å². The van der Waals surface area contributed by atoms with E-state index in [1.165, 1.54) is 13.3 Å². The molecule has 5 nitrogen and oxygen atoms in total. The van der Waals surface area contributed by atoms with Gasteiger partial charge in [0.25, 0.3) is 0 Å². The Morgan fingerprint density at radius 2 is 2.38 bits per heavy atom. The molecule has 84 valence electrons. The largest absolute Gasteiger partial charge is 0.465 e. The van der Waals surface area contributed by atoms with Crippen LogP contribution in [0.25, 0.3) is 0 Å². The zero-order valence-electron chi connectivity index (χ0n) is 9.30. The minimum Gasteiger partial charge on any atom is -0.465 e. The zero-order valence-corrected chi connectivity index (χ0v) is 9.30. The molecule has 0 N–H and O–H groups in total. The molecular formula is C11H13N3O2. The van der Waals surface area contributed by atoms with Crippen molar-refractivity contribution in [2.24, 2.45) is 0 Å². The molecule has 16 heavy (non-hydrogen) atoms. The second-order valence-corrected chi connectivity index (χ2v) is 3.36. The average Bonchev–Trinajstić information content (AvgIpc) is 2.29. The lowest BCUT2D eigenvalue weighted by molar-refractivity contribution is 0.0600. The fourth-order valence-electron chi connectivity index (χ4n) is 1.21. The molecule has 0 fully saturated rings. The van der Waals surface area contributed by atoms with Gasteiger partial charge in [0.15, 0.2) is 0 Å². The molecule has 0 aliphatic carbocycles. The maximum Gasteiger partial charge on any atom is 0.339 e. The Labute approximate surface area is 94.3 Å². The third kappa shape index (κ3) is 3.33. The first kappa shape index (κ1) is 12.1. The van der Waals surface area contributed by atoms with Gasteiger partial charge in [0.2, 0.25) is 0 Å². The Bertz CT molecular complexity index is 395. The van der Waals surface area contributed by atoms with E-state index in [1.54, 1.807) is 12.1 Å². The quantitative estimate of drug-likeness (QED) is 0.554. The van der Waals surface area contributed by atoms with Gasteiger partial charge in [-0.2, -0.15) is 5.26 Å². The maximum absolute atomic E-state index is 11.1. The molecule has 0 bridgehead atoms. The number of aromatic nitrogens is 1. The highest BCUT2D eigenvalue weighted by atomic mass is 16.5. The molecule has 0 radical (unpaired) electrons. The SMILES string of the molecule is COC(=O)c1ccc(CN(C)CC#N)nc1. The van der Waals surface area contributed by atoms with E-state index >= 15 is 0 Å². The first-order valence-electron chi connectivity index (χ1n) is 4.76. The molecule has 0 unspecified atom stereocenters. The minimum atomic E-state index is -0.399. The minimum absolute atomic E-state index is 0.348. The number of hydrogen-bond acceptors (Lipinski definition) is 5. The van der Waals surface area contributed by atoms with Crippen LogP contribution in [0.5, 0.6) is 0 Å². The van der Waals surface area contributed by atoms with Crippen molar-refractivity contribution in [2.45, 2.75) is 6.54 Å². The summed E-state index contributed by atoms with van der Waals surface area (Å²) >= 11 is 0.